The molecular weight excluding hydrogens is 214 g/mol. The van der Waals surface area contributed by atoms with E-state index in [1.165, 1.54) is 6.07 Å². The number of carbonyl (C=O) groups excluding carboxylic acids is 1. The Bertz CT molecular complexity index is 416. The summed E-state index contributed by atoms with van der Waals surface area (Å²) in [5.74, 6) is -1.89. The average Bonchev–Trinajstić information content (AvgIpc) is 2.20. The van der Waals surface area contributed by atoms with Crippen LogP contribution < -0.4 is 5.73 Å². The molecule has 0 aromatic heterocycles. The summed E-state index contributed by atoms with van der Waals surface area (Å²) >= 11 is 0. The Morgan fingerprint density at radius 2 is 2.06 bits per heavy atom. The molecule has 1 amide bonds. The molecule has 1 fully saturated rings. The van der Waals surface area contributed by atoms with Gasteiger partial charge in [0.1, 0.15) is 0 Å². The van der Waals surface area contributed by atoms with Crippen LogP contribution in [0.2, 0.25) is 0 Å². The largest absolute Gasteiger partial charge is 0.338 e. The van der Waals surface area contributed by atoms with Gasteiger partial charge in [0, 0.05) is 24.6 Å². The summed E-state index contributed by atoms with van der Waals surface area (Å²) in [6.45, 7) is 1.73. The molecule has 1 aromatic rings. The van der Waals surface area contributed by atoms with Gasteiger partial charge in [0.15, 0.2) is 11.6 Å². The van der Waals surface area contributed by atoms with Gasteiger partial charge < -0.3 is 10.6 Å². The minimum absolute atomic E-state index is 0.175. The van der Waals surface area contributed by atoms with Gasteiger partial charge in [0.2, 0.25) is 0 Å². The molecule has 86 valence electrons. The normalized spacial score (nSPS) is 16.1. The standard InChI is InChI=1S/C11H12F2N2O/c12-9-2-1-8(3-10(9)13)11(16)15-5-7(4-14)6-15/h1-3,7H,4-6,14H2. The summed E-state index contributed by atoms with van der Waals surface area (Å²) in [4.78, 5) is 13.3. The minimum atomic E-state index is -0.998. The number of amides is 1. The Balaban J connectivity index is 2.07. The summed E-state index contributed by atoms with van der Waals surface area (Å²) in [6.07, 6.45) is 0. The van der Waals surface area contributed by atoms with E-state index in [-0.39, 0.29) is 11.5 Å². The van der Waals surface area contributed by atoms with Crippen molar-refractivity contribution in [3.8, 4) is 0 Å². The molecule has 1 aliphatic rings. The molecule has 2 rings (SSSR count). The van der Waals surface area contributed by atoms with E-state index in [2.05, 4.69) is 0 Å². The van der Waals surface area contributed by atoms with Crippen LogP contribution in [0.1, 0.15) is 10.4 Å². The third-order valence-corrected chi connectivity index (χ3v) is 2.74. The number of hydrogen-bond donors (Lipinski definition) is 1. The Kier molecular flexibility index (Phi) is 2.87. The molecule has 0 atom stereocenters. The molecule has 16 heavy (non-hydrogen) atoms. The van der Waals surface area contributed by atoms with Gasteiger partial charge in [-0.3, -0.25) is 4.79 Å². The third-order valence-electron chi connectivity index (χ3n) is 2.74. The van der Waals surface area contributed by atoms with Crippen LogP contribution in [0.3, 0.4) is 0 Å². The highest BCUT2D eigenvalue weighted by atomic mass is 19.2. The molecule has 1 saturated heterocycles. The molecular formula is C11H12F2N2O. The highest BCUT2D eigenvalue weighted by molar-refractivity contribution is 5.94. The highest BCUT2D eigenvalue weighted by Crippen LogP contribution is 2.18. The van der Waals surface area contributed by atoms with Gasteiger partial charge in [-0.25, -0.2) is 8.78 Å². The van der Waals surface area contributed by atoms with E-state index in [1.807, 2.05) is 0 Å². The van der Waals surface area contributed by atoms with Crippen molar-refractivity contribution in [3.05, 3.63) is 35.4 Å². The van der Waals surface area contributed by atoms with E-state index in [9.17, 15) is 13.6 Å². The number of benzene rings is 1. The first-order valence-electron chi connectivity index (χ1n) is 5.06. The van der Waals surface area contributed by atoms with E-state index in [0.717, 1.165) is 12.1 Å². The molecule has 0 unspecified atom stereocenters. The summed E-state index contributed by atoms with van der Waals surface area (Å²) in [5.41, 5.74) is 5.61. The van der Waals surface area contributed by atoms with Crippen LogP contribution in [-0.2, 0) is 0 Å². The second-order valence-electron chi connectivity index (χ2n) is 3.94. The number of nitrogens with two attached hydrogens (primary N) is 1. The van der Waals surface area contributed by atoms with Crippen LogP contribution in [0, 0.1) is 17.6 Å². The van der Waals surface area contributed by atoms with Gasteiger partial charge >= 0.3 is 0 Å². The van der Waals surface area contributed by atoms with Crippen LogP contribution in [0.15, 0.2) is 18.2 Å². The van der Waals surface area contributed by atoms with Gasteiger partial charge in [-0.2, -0.15) is 0 Å². The molecule has 0 aliphatic carbocycles. The predicted octanol–water partition coefficient (Wildman–Crippen LogP) is 0.995. The zero-order valence-corrected chi connectivity index (χ0v) is 8.62. The second-order valence-corrected chi connectivity index (χ2v) is 3.94. The molecule has 0 spiro atoms. The second kappa shape index (κ2) is 4.17. The zero-order chi connectivity index (χ0) is 11.7. The summed E-state index contributed by atoms with van der Waals surface area (Å²) in [6, 6.07) is 3.17. The summed E-state index contributed by atoms with van der Waals surface area (Å²) in [5, 5.41) is 0. The van der Waals surface area contributed by atoms with E-state index in [0.29, 0.717) is 25.6 Å². The van der Waals surface area contributed by atoms with Crippen LogP contribution >= 0.6 is 0 Å². The van der Waals surface area contributed by atoms with Crippen molar-refractivity contribution in [3.63, 3.8) is 0 Å². The fraction of sp³-hybridized carbons (Fsp3) is 0.364. The minimum Gasteiger partial charge on any atom is -0.338 e. The molecule has 1 heterocycles. The van der Waals surface area contributed by atoms with Gasteiger partial charge in [-0.05, 0) is 24.7 Å². The molecule has 1 aromatic carbocycles. The van der Waals surface area contributed by atoms with Crippen molar-refractivity contribution in [2.75, 3.05) is 19.6 Å². The predicted molar refractivity (Wildman–Crippen MR) is 54.8 cm³/mol. The van der Waals surface area contributed by atoms with Crippen LogP contribution in [0.4, 0.5) is 8.78 Å². The summed E-state index contributed by atoms with van der Waals surface area (Å²) in [7, 11) is 0. The van der Waals surface area contributed by atoms with Crippen molar-refractivity contribution >= 4 is 5.91 Å². The first-order chi connectivity index (χ1) is 7.61. The molecule has 0 saturated carbocycles. The van der Waals surface area contributed by atoms with Crippen molar-refractivity contribution in [2.45, 2.75) is 0 Å². The Morgan fingerprint density at radius 1 is 1.38 bits per heavy atom. The fourth-order valence-electron chi connectivity index (χ4n) is 1.70. The maximum absolute atomic E-state index is 12.9. The number of rotatable bonds is 2. The van der Waals surface area contributed by atoms with Crippen LogP contribution in [-0.4, -0.2) is 30.4 Å². The fourth-order valence-corrected chi connectivity index (χ4v) is 1.70. The Labute approximate surface area is 91.8 Å². The van der Waals surface area contributed by atoms with E-state index in [4.69, 9.17) is 5.73 Å². The topological polar surface area (TPSA) is 46.3 Å². The number of nitrogens with zero attached hydrogens (tertiary/aromatic N) is 1. The van der Waals surface area contributed by atoms with E-state index < -0.39 is 11.6 Å². The molecule has 0 bridgehead atoms. The number of likely N-dealkylation sites (tertiary alicyclic amines) is 1. The number of halogens is 2. The summed E-state index contributed by atoms with van der Waals surface area (Å²) < 4.78 is 25.6. The van der Waals surface area contributed by atoms with Crippen LogP contribution in [0.5, 0.6) is 0 Å². The van der Waals surface area contributed by atoms with Crippen molar-refractivity contribution in [2.24, 2.45) is 11.7 Å². The lowest BCUT2D eigenvalue weighted by molar-refractivity contribution is 0.0515. The monoisotopic (exact) mass is 226 g/mol. The lowest BCUT2D eigenvalue weighted by Gasteiger charge is -2.38. The lowest BCUT2D eigenvalue weighted by Crippen LogP contribution is -2.52. The maximum atomic E-state index is 12.9. The first-order valence-corrected chi connectivity index (χ1v) is 5.06. The lowest BCUT2D eigenvalue weighted by atomic mass is 9.99. The highest BCUT2D eigenvalue weighted by Gasteiger charge is 2.30. The SMILES string of the molecule is NCC1CN(C(=O)c2ccc(F)c(F)c2)C1. The third kappa shape index (κ3) is 1.90. The maximum Gasteiger partial charge on any atom is 0.253 e. The smallest absolute Gasteiger partial charge is 0.253 e. The quantitative estimate of drug-likeness (QED) is 0.817. The van der Waals surface area contributed by atoms with E-state index >= 15 is 0 Å². The molecule has 3 nitrogen and oxygen atoms in total. The average molecular weight is 226 g/mol. The number of carbonyl (C=O) groups is 1. The van der Waals surface area contributed by atoms with Crippen molar-refractivity contribution in [1.82, 2.24) is 4.90 Å². The number of hydrogen-bond acceptors (Lipinski definition) is 2. The van der Waals surface area contributed by atoms with Gasteiger partial charge in [-0.15, -0.1) is 0 Å². The zero-order valence-electron chi connectivity index (χ0n) is 8.62. The van der Waals surface area contributed by atoms with Gasteiger partial charge in [-0.1, -0.05) is 0 Å². The van der Waals surface area contributed by atoms with Crippen molar-refractivity contribution < 1.29 is 13.6 Å². The van der Waals surface area contributed by atoms with E-state index in [1.54, 1.807) is 4.90 Å². The van der Waals surface area contributed by atoms with Crippen LogP contribution in [0.25, 0.3) is 0 Å². The van der Waals surface area contributed by atoms with Crippen molar-refractivity contribution in [1.29, 1.82) is 0 Å². The first kappa shape index (κ1) is 11.0. The molecule has 5 heteroatoms. The van der Waals surface area contributed by atoms with Gasteiger partial charge in [0.05, 0.1) is 0 Å². The van der Waals surface area contributed by atoms with Gasteiger partial charge in [0.25, 0.3) is 5.91 Å². The molecule has 0 radical (unpaired) electrons. The Hall–Kier alpha value is -1.49. The molecule has 2 N–H and O–H groups in total. The Morgan fingerprint density at radius 3 is 2.62 bits per heavy atom. The molecule has 1 aliphatic heterocycles.